The summed E-state index contributed by atoms with van der Waals surface area (Å²) in [6.45, 7) is 2.93. The first-order valence-corrected chi connectivity index (χ1v) is 9.36. The molecule has 0 radical (unpaired) electrons. The second-order valence-corrected chi connectivity index (χ2v) is 7.77. The lowest BCUT2D eigenvalue weighted by atomic mass is 10.0. The average molecular weight is 393 g/mol. The van der Waals surface area contributed by atoms with Crippen LogP contribution in [0.3, 0.4) is 0 Å². The number of rotatable bonds is 6. The Morgan fingerprint density at radius 1 is 1.23 bits per heavy atom. The van der Waals surface area contributed by atoms with Crippen molar-refractivity contribution in [1.29, 1.82) is 0 Å². The molecule has 6 nitrogen and oxygen atoms in total. The molecule has 1 aliphatic rings. The van der Waals surface area contributed by atoms with Gasteiger partial charge in [-0.3, -0.25) is 4.79 Å². The molecular weight excluding hydrogens is 375 g/mol. The van der Waals surface area contributed by atoms with Gasteiger partial charge in [0.1, 0.15) is 0 Å². The second kappa shape index (κ2) is 7.26. The van der Waals surface area contributed by atoms with Crippen molar-refractivity contribution in [3.63, 3.8) is 0 Å². The van der Waals surface area contributed by atoms with Gasteiger partial charge in [-0.1, -0.05) is 12.1 Å². The number of hydrogen-bond donors (Lipinski definition) is 0. The molecular formula is C16H18F3NO5S. The van der Waals surface area contributed by atoms with Gasteiger partial charge in [-0.25, -0.2) is 13.2 Å². The summed E-state index contributed by atoms with van der Waals surface area (Å²) < 4.78 is 65.8. The first kappa shape index (κ1) is 20.2. The fraction of sp³-hybridized carbons (Fsp3) is 0.500. The van der Waals surface area contributed by atoms with E-state index in [0.717, 1.165) is 24.3 Å². The highest BCUT2D eigenvalue weighted by Crippen LogP contribution is 2.36. The van der Waals surface area contributed by atoms with Gasteiger partial charge >= 0.3 is 11.5 Å². The minimum Gasteiger partial charge on any atom is -0.464 e. The third-order valence-corrected chi connectivity index (χ3v) is 5.40. The van der Waals surface area contributed by atoms with Crippen LogP contribution in [-0.2, 0) is 24.2 Å². The van der Waals surface area contributed by atoms with Gasteiger partial charge in [0.25, 0.3) is 9.84 Å². The largest absolute Gasteiger partial charge is 0.501 e. The van der Waals surface area contributed by atoms with Crippen LogP contribution >= 0.6 is 0 Å². The van der Waals surface area contributed by atoms with Crippen LogP contribution < -0.4 is 0 Å². The third kappa shape index (κ3) is 4.00. The van der Waals surface area contributed by atoms with Crippen molar-refractivity contribution in [2.24, 2.45) is 0 Å². The number of halogens is 3. The van der Waals surface area contributed by atoms with Crippen LogP contribution in [0.2, 0.25) is 0 Å². The monoisotopic (exact) mass is 393 g/mol. The molecule has 0 heterocycles. The normalized spacial score (nSPS) is 16.0. The van der Waals surface area contributed by atoms with Gasteiger partial charge in [0.2, 0.25) is 5.91 Å². The number of benzene rings is 1. The molecule has 2 rings (SSSR count). The van der Waals surface area contributed by atoms with E-state index in [4.69, 9.17) is 4.74 Å². The summed E-state index contributed by atoms with van der Waals surface area (Å²) in [6, 6.07) is 2.45. The van der Waals surface area contributed by atoms with Gasteiger partial charge in [0, 0.05) is 13.0 Å². The lowest BCUT2D eigenvalue weighted by Crippen LogP contribution is -2.40. The van der Waals surface area contributed by atoms with Crippen LogP contribution in [0.15, 0.2) is 29.2 Å². The molecule has 0 aromatic heterocycles. The first-order chi connectivity index (χ1) is 12.0. The number of sulfone groups is 1. The first-order valence-electron chi connectivity index (χ1n) is 7.87. The quantitative estimate of drug-likeness (QED) is 0.694. The number of carbonyl (C=O) groups is 2. The number of nitrogens with zero attached hydrogens (tertiary/aromatic N) is 1. The molecule has 10 heteroatoms. The highest BCUT2D eigenvalue weighted by molar-refractivity contribution is 7.92. The van der Waals surface area contributed by atoms with Crippen LogP contribution in [0.4, 0.5) is 13.2 Å². The number of hydrogen-bond acceptors (Lipinski definition) is 5. The smallest absolute Gasteiger partial charge is 0.464 e. The minimum atomic E-state index is -5.49. The summed E-state index contributed by atoms with van der Waals surface area (Å²) in [5.41, 5.74) is -5.24. The average Bonchev–Trinajstić information content (AvgIpc) is 3.36. The van der Waals surface area contributed by atoms with Gasteiger partial charge in [-0.2, -0.15) is 13.2 Å². The van der Waals surface area contributed by atoms with Crippen LogP contribution in [0.25, 0.3) is 0 Å². The van der Waals surface area contributed by atoms with Crippen molar-refractivity contribution in [1.82, 2.24) is 4.90 Å². The Morgan fingerprint density at radius 3 is 2.15 bits per heavy atom. The summed E-state index contributed by atoms with van der Waals surface area (Å²) in [7, 11) is -5.49. The molecule has 1 aromatic carbocycles. The summed E-state index contributed by atoms with van der Waals surface area (Å²) >= 11 is 0. The van der Waals surface area contributed by atoms with Gasteiger partial charge in [-0.05, 0) is 37.5 Å². The molecule has 1 aliphatic carbocycles. The lowest BCUT2D eigenvalue weighted by Gasteiger charge is -2.29. The molecule has 1 unspecified atom stereocenters. The van der Waals surface area contributed by atoms with E-state index < -0.39 is 32.3 Å². The number of carbonyl (C=O) groups excluding carboxylic acids is 2. The maximum atomic E-state index is 12.6. The Kier molecular flexibility index (Phi) is 5.64. The van der Waals surface area contributed by atoms with Gasteiger partial charge in [0.15, 0.2) is 6.04 Å². The highest BCUT2D eigenvalue weighted by Gasteiger charge is 2.47. The predicted octanol–water partition coefficient (Wildman–Crippen LogP) is 2.60. The van der Waals surface area contributed by atoms with E-state index >= 15 is 0 Å². The van der Waals surface area contributed by atoms with Gasteiger partial charge in [-0.15, -0.1) is 0 Å². The summed E-state index contributed by atoms with van der Waals surface area (Å²) in [6.07, 6.45) is 1.41. The maximum absolute atomic E-state index is 12.6. The minimum absolute atomic E-state index is 0.0618. The summed E-state index contributed by atoms with van der Waals surface area (Å²) in [5.74, 6) is -1.10. The molecule has 1 atom stereocenters. The number of esters is 1. The zero-order valence-electron chi connectivity index (χ0n) is 14.1. The second-order valence-electron chi connectivity index (χ2n) is 5.83. The molecule has 1 fully saturated rings. The van der Waals surface area contributed by atoms with Crippen LogP contribution in [0.1, 0.15) is 38.3 Å². The van der Waals surface area contributed by atoms with Gasteiger partial charge < -0.3 is 9.64 Å². The fourth-order valence-electron chi connectivity index (χ4n) is 2.60. The van der Waals surface area contributed by atoms with E-state index in [0.29, 0.717) is 12.8 Å². The zero-order valence-corrected chi connectivity index (χ0v) is 14.9. The predicted molar refractivity (Wildman–Crippen MR) is 84.6 cm³/mol. The van der Waals surface area contributed by atoms with Crippen LogP contribution in [0.5, 0.6) is 0 Å². The number of amides is 1. The topological polar surface area (TPSA) is 80.8 Å². The molecule has 144 valence electrons. The number of ether oxygens (including phenoxy) is 1. The standard InChI is InChI=1S/C16H18F3NO5S/c1-3-25-15(22)14(20(10(2)21)12-6-7-12)11-4-8-13(9-5-11)26(23,24)16(17,18)19/h4-5,8-9,12,14H,3,6-7H2,1-2H3. The lowest BCUT2D eigenvalue weighted by molar-refractivity contribution is -0.155. The van der Waals surface area contributed by atoms with E-state index in [-0.39, 0.29) is 24.1 Å². The molecule has 0 bridgehead atoms. The number of alkyl halides is 3. The maximum Gasteiger partial charge on any atom is 0.501 e. The molecule has 1 saturated carbocycles. The Bertz CT molecular complexity index is 785. The van der Waals surface area contributed by atoms with Crippen molar-refractivity contribution in [2.45, 2.75) is 49.2 Å². The molecule has 0 spiro atoms. The van der Waals surface area contributed by atoms with Crippen LogP contribution in [-0.4, -0.2) is 43.4 Å². The molecule has 0 saturated heterocycles. The molecule has 26 heavy (non-hydrogen) atoms. The van der Waals surface area contributed by atoms with E-state index in [9.17, 15) is 31.2 Å². The summed E-state index contributed by atoms with van der Waals surface area (Å²) in [5, 5.41) is 0. The highest BCUT2D eigenvalue weighted by atomic mass is 32.2. The zero-order chi connectivity index (χ0) is 19.7. The van der Waals surface area contributed by atoms with Crippen molar-refractivity contribution in [3.8, 4) is 0 Å². The van der Waals surface area contributed by atoms with Gasteiger partial charge in [0.05, 0.1) is 11.5 Å². The van der Waals surface area contributed by atoms with Crippen molar-refractivity contribution in [3.05, 3.63) is 29.8 Å². The molecule has 1 amide bonds. The van der Waals surface area contributed by atoms with Crippen molar-refractivity contribution < 1.29 is 35.9 Å². The van der Waals surface area contributed by atoms with Crippen molar-refractivity contribution >= 4 is 21.7 Å². The SMILES string of the molecule is CCOC(=O)C(c1ccc(S(=O)(=O)C(F)(F)F)cc1)N(C(C)=O)C1CC1. The van der Waals surface area contributed by atoms with Crippen molar-refractivity contribution in [2.75, 3.05) is 6.61 Å². The molecule has 0 aliphatic heterocycles. The van der Waals surface area contributed by atoms with Crippen LogP contribution in [0, 0.1) is 0 Å². The van der Waals surface area contributed by atoms with E-state index in [1.54, 1.807) is 6.92 Å². The Morgan fingerprint density at radius 2 is 1.77 bits per heavy atom. The van der Waals surface area contributed by atoms with E-state index in [1.165, 1.54) is 11.8 Å². The third-order valence-electron chi connectivity index (χ3n) is 3.90. The Balaban J connectivity index is 2.43. The summed E-state index contributed by atoms with van der Waals surface area (Å²) in [4.78, 5) is 24.7. The molecule has 0 N–H and O–H groups in total. The Hall–Kier alpha value is -2.10. The van der Waals surface area contributed by atoms with E-state index in [2.05, 4.69) is 0 Å². The van der Waals surface area contributed by atoms with E-state index in [1.807, 2.05) is 0 Å². The molecule has 1 aromatic rings. The fourth-order valence-corrected chi connectivity index (χ4v) is 3.36. The Labute approximate surface area is 148 Å².